The Bertz CT molecular complexity index is 1070. The normalized spacial score (nSPS) is 21.9. The van der Waals surface area contributed by atoms with E-state index in [0.717, 1.165) is 64.2 Å². The molecule has 1 fully saturated rings. The van der Waals surface area contributed by atoms with E-state index in [1.165, 1.54) is 96.3 Å². The topological polar surface area (TPSA) is 189 Å². The van der Waals surface area contributed by atoms with Crippen molar-refractivity contribution < 1.29 is 50.0 Å². The number of unbranched alkanes of at least 4 members (excludes halogenated alkanes) is 22. The van der Waals surface area contributed by atoms with Crippen molar-refractivity contribution in [3.05, 3.63) is 36.5 Å². The molecule has 0 aliphatic carbocycles. The van der Waals surface area contributed by atoms with Gasteiger partial charge < -0.3 is 50.5 Å². The van der Waals surface area contributed by atoms with Crippen LogP contribution in [0.15, 0.2) is 36.5 Å². The average molecular weight is 854 g/mol. The highest BCUT2D eigenvalue weighted by Gasteiger charge is 2.44. The van der Waals surface area contributed by atoms with Crippen LogP contribution in [0, 0.1) is 0 Å². The smallest absolute Gasteiger partial charge is 0.249 e. The van der Waals surface area contributed by atoms with Gasteiger partial charge >= 0.3 is 0 Å². The van der Waals surface area contributed by atoms with Crippen molar-refractivity contribution in [1.82, 2.24) is 5.32 Å². The Hall–Kier alpha value is -1.67. The summed E-state index contributed by atoms with van der Waals surface area (Å²) in [5, 5.41) is 75.6. The molecule has 0 aromatic heterocycles. The van der Waals surface area contributed by atoms with Gasteiger partial charge in [-0.1, -0.05) is 166 Å². The summed E-state index contributed by atoms with van der Waals surface area (Å²) in [5.74, 6) is -0.716. The van der Waals surface area contributed by atoms with Gasteiger partial charge in [-0.15, -0.1) is 0 Å². The van der Waals surface area contributed by atoms with Gasteiger partial charge in [0.15, 0.2) is 6.29 Å². The second kappa shape index (κ2) is 39.0. The van der Waals surface area contributed by atoms with Crippen molar-refractivity contribution in [3.8, 4) is 0 Å². The third-order valence-corrected chi connectivity index (χ3v) is 11.7. The average Bonchev–Trinajstić information content (AvgIpc) is 3.25. The van der Waals surface area contributed by atoms with Crippen molar-refractivity contribution in [1.29, 1.82) is 0 Å². The predicted molar refractivity (Wildman–Crippen MR) is 242 cm³/mol. The number of aliphatic hydroxyl groups excluding tert-OH is 7. The van der Waals surface area contributed by atoms with E-state index in [1.807, 2.05) is 0 Å². The fourth-order valence-corrected chi connectivity index (χ4v) is 7.59. The van der Waals surface area contributed by atoms with E-state index >= 15 is 0 Å². The number of nitrogens with one attached hydrogen (secondary N) is 1. The monoisotopic (exact) mass is 854 g/mol. The van der Waals surface area contributed by atoms with Gasteiger partial charge in [0.1, 0.15) is 36.6 Å². The quantitative estimate of drug-likeness (QED) is 0.0220. The van der Waals surface area contributed by atoms with Crippen molar-refractivity contribution >= 4 is 5.91 Å². The van der Waals surface area contributed by atoms with E-state index in [1.54, 1.807) is 0 Å². The molecule has 0 bridgehead atoms. The fourth-order valence-electron chi connectivity index (χ4n) is 7.59. The van der Waals surface area contributed by atoms with Crippen LogP contribution >= 0.6 is 0 Å². The highest BCUT2D eigenvalue weighted by Crippen LogP contribution is 2.23. The Morgan fingerprint density at radius 3 is 1.53 bits per heavy atom. The molecule has 11 nitrogen and oxygen atoms in total. The fraction of sp³-hybridized carbons (Fsp3) is 0.857. The third-order valence-electron chi connectivity index (χ3n) is 11.7. The highest BCUT2D eigenvalue weighted by molar-refractivity contribution is 5.80. The molecule has 9 unspecified atom stereocenters. The maximum Gasteiger partial charge on any atom is 0.249 e. The van der Waals surface area contributed by atoms with Gasteiger partial charge in [0.2, 0.25) is 5.91 Å². The number of amides is 1. The molecule has 352 valence electrons. The van der Waals surface area contributed by atoms with Crippen molar-refractivity contribution in [3.63, 3.8) is 0 Å². The van der Waals surface area contributed by atoms with Gasteiger partial charge in [0, 0.05) is 0 Å². The van der Waals surface area contributed by atoms with Gasteiger partial charge in [-0.3, -0.25) is 4.79 Å². The Morgan fingerprint density at radius 2 is 1.03 bits per heavy atom. The van der Waals surface area contributed by atoms with Gasteiger partial charge in [0.25, 0.3) is 0 Å². The minimum absolute atomic E-state index is 0.241. The number of rotatable bonds is 40. The molecule has 1 heterocycles. The summed E-state index contributed by atoms with van der Waals surface area (Å²) in [6.07, 6.45) is 33.5. The van der Waals surface area contributed by atoms with Gasteiger partial charge in [-0.2, -0.15) is 0 Å². The van der Waals surface area contributed by atoms with Crippen LogP contribution in [-0.2, 0) is 14.3 Å². The van der Waals surface area contributed by atoms with Crippen molar-refractivity contribution in [2.24, 2.45) is 0 Å². The minimum Gasteiger partial charge on any atom is -0.394 e. The van der Waals surface area contributed by atoms with E-state index in [0.29, 0.717) is 12.8 Å². The van der Waals surface area contributed by atoms with Crippen LogP contribution < -0.4 is 5.32 Å². The maximum atomic E-state index is 13.1. The van der Waals surface area contributed by atoms with E-state index in [2.05, 4.69) is 55.6 Å². The number of carbonyl (C=O) groups is 1. The molecule has 11 heteroatoms. The molecular weight excluding hydrogens is 763 g/mol. The summed E-state index contributed by atoms with van der Waals surface area (Å²) in [5.41, 5.74) is 0. The molecule has 60 heavy (non-hydrogen) atoms. The molecule has 1 aliphatic heterocycles. The van der Waals surface area contributed by atoms with Crippen LogP contribution in [-0.4, -0.2) is 110 Å². The van der Waals surface area contributed by atoms with Crippen LogP contribution in [0.25, 0.3) is 0 Å². The lowest BCUT2D eigenvalue weighted by Gasteiger charge is -2.40. The standard InChI is InChI=1S/C49H91NO10/c1-3-5-7-9-11-13-15-16-17-18-19-20-21-22-23-24-25-27-29-31-33-35-37-42(53)48(58)50-40(39-59-49-47(57)46(56)45(55)43(38-51)60-49)44(54)41(52)36-34-32-30-28-26-14-12-10-8-6-4-2/h19-20,22-23,28,30,40-47,49,51-57H,3-18,21,24-27,29,31-39H2,1-2H3,(H,50,58)/b20-19-,23-22-,30-28+. The molecule has 9 atom stereocenters. The zero-order chi connectivity index (χ0) is 44.1. The molecule has 0 saturated carbocycles. The first-order valence-electron chi connectivity index (χ1n) is 24.4. The van der Waals surface area contributed by atoms with Gasteiger partial charge in [-0.25, -0.2) is 0 Å². The molecule has 1 aliphatic rings. The zero-order valence-corrected chi connectivity index (χ0v) is 37.9. The second-order valence-electron chi connectivity index (χ2n) is 17.2. The van der Waals surface area contributed by atoms with Gasteiger partial charge in [0.05, 0.1) is 25.4 Å². The Balaban J connectivity index is 2.40. The first kappa shape index (κ1) is 56.3. The predicted octanol–water partition coefficient (Wildman–Crippen LogP) is 8.39. The molecule has 8 N–H and O–H groups in total. The first-order valence-corrected chi connectivity index (χ1v) is 24.4. The van der Waals surface area contributed by atoms with E-state index in [-0.39, 0.29) is 12.8 Å². The minimum atomic E-state index is -1.67. The third kappa shape index (κ3) is 28.1. The van der Waals surface area contributed by atoms with Crippen LogP contribution in [0.2, 0.25) is 0 Å². The van der Waals surface area contributed by atoms with Crippen molar-refractivity contribution in [2.75, 3.05) is 13.2 Å². The molecule has 1 rings (SSSR count). The summed E-state index contributed by atoms with van der Waals surface area (Å²) >= 11 is 0. The number of carbonyl (C=O) groups excluding carboxylic acids is 1. The molecular formula is C49H91NO10. The first-order chi connectivity index (χ1) is 29.2. The van der Waals surface area contributed by atoms with Gasteiger partial charge in [-0.05, 0) is 70.6 Å². The lowest BCUT2D eigenvalue weighted by Crippen LogP contribution is -2.60. The number of ether oxygens (including phenoxy) is 2. The number of hydrogen-bond acceptors (Lipinski definition) is 10. The maximum absolute atomic E-state index is 13.1. The molecule has 0 spiro atoms. The van der Waals surface area contributed by atoms with Crippen molar-refractivity contribution in [2.45, 2.75) is 255 Å². The van der Waals surface area contributed by atoms with Crippen LogP contribution in [0.4, 0.5) is 0 Å². The summed E-state index contributed by atoms with van der Waals surface area (Å²) < 4.78 is 11.1. The highest BCUT2D eigenvalue weighted by atomic mass is 16.7. The largest absolute Gasteiger partial charge is 0.394 e. The second-order valence-corrected chi connectivity index (χ2v) is 17.2. The Morgan fingerprint density at radius 1 is 0.583 bits per heavy atom. The Labute approximate surface area is 365 Å². The molecule has 0 aromatic rings. The summed E-state index contributed by atoms with van der Waals surface area (Å²) in [4.78, 5) is 13.1. The molecule has 1 saturated heterocycles. The molecule has 0 aromatic carbocycles. The lowest BCUT2D eigenvalue weighted by molar-refractivity contribution is -0.303. The van der Waals surface area contributed by atoms with E-state index < -0.39 is 74.2 Å². The Kier molecular flexibility index (Phi) is 36.6. The number of allylic oxidation sites excluding steroid dienone is 6. The van der Waals surface area contributed by atoms with Crippen LogP contribution in [0.1, 0.15) is 200 Å². The zero-order valence-electron chi connectivity index (χ0n) is 37.9. The van der Waals surface area contributed by atoms with Crippen LogP contribution in [0.5, 0.6) is 0 Å². The van der Waals surface area contributed by atoms with E-state index in [9.17, 15) is 40.5 Å². The van der Waals surface area contributed by atoms with Crippen LogP contribution in [0.3, 0.4) is 0 Å². The number of hydrogen-bond donors (Lipinski definition) is 8. The summed E-state index contributed by atoms with van der Waals surface area (Å²) in [6.45, 7) is 3.39. The number of aliphatic hydroxyl groups is 7. The summed E-state index contributed by atoms with van der Waals surface area (Å²) in [7, 11) is 0. The van der Waals surface area contributed by atoms with E-state index in [4.69, 9.17) is 9.47 Å². The summed E-state index contributed by atoms with van der Waals surface area (Å²) in [6, 6.07) is -1.19. The molecule has 1 amide bonds. The SMILES string of the molecule is CCCCCCCC/C=C/CCCC(O)C(O)C(COC1OC(CO)C(O)C(O)C1O)NC(=O)C(O)CCCCCCCC/C=C\C/C=C\CCCCCCCCCCC. The molecule has 0 radical (unpaired) electrons. The lowest BCUT2D eigenvalue weighted by atomic mass is 9.98.